The Bertz CT molecular complexity index is 324. The lowest BCUT2D eigenvalue weighted by Crippen LogP contribution is -2.31. The Balaban J connectivity index is 1.75. The predicted molar refractivity (Wildman–Crippen MR) is 89.9 cm³/mol. The van der Waals surface area contributed by atoms with E-state index in [0.717, 1.165) is 24.2 Å². The molecule has 0 amide bonds. The fourth-order valence-corrected chi connectivity index (χ4v) is 5.00. The molecule has 0 atom stereocenters. The zero-order valence-corrected chi connectivity index (χ0v) is 14.4. The highest BCUT2D eigenvalue weighted by molar-refractivity contribution is 5.02. The molecule has 2 saturated carbocycles. The van der Waals surface area contributed by atoms with E-state index in [0.29, 0.717) is 0 Å². The van der Waals surface area contributed by atoms with Crippen LogP contribution in [0, 0.1) is 34.5 Å². The van der Waals surface area contributed by atoms with Crippen LogP contribution in [0.25, 0.3) is 0 Å². The van der Waals surface area contributed by atoms with Crippen molar-refractivity contribution < 1.29 is 0 Å². The quantitative estimate of drug-likeness (QED) is 0.548. The van der Waals surface area contributed by atoms with Gasteiger partial charge in [0.15, 0.2) is 0 Å². The smallest absolute Gasteiger partial charge is 0.0689 e. The van der Waals surface area contributed by atoms with Gasteiger partial charge < -0.3 is 0 Å². The summed E-state index contributed by atoms with van der Waals surface area (Å²) in [6.45, 7) is 4.54. The Hall–Kier alpha value is -0.510. The second kappa shape index (κ2) is 8.21. The van der Waals surface area contributed by atoms with Crippen LogP contribution in [-0.4, -0.2) is 0 Å². The van der Waals surface area contributed by atoms with E-state index in [1.165, 1.54) is 77.0 Å². The maximum Gasteiger partial charge on any atom is 0.0689 e. The second-order valence-electron chi connectivity index (χ2n) is 7.90. The van der Waals surface area contributed by atoms with Crippen molar-refractivity contribution >= 4 is 0 Å². The molecule has 0 aromatic rings. The van der Waals surface area contributed by atoms with Crippen LogP contribution in [0.1, 0.15) is 97.3 Å². The molecule has 0 saturated heterocycles. The highest BCUT2D eigenvalue weighted by Gasteiger charge is 2.37. The molecule has 2 aliphatic carbocycles. The van der Waals surface area contributed by atoms with Gasteiger partial charge in [-0.15, -0.1) is 0 Å². The molecule has 0 heterocycles. The molecule has 0 radical (unpaired) electrons. The van der Waals surface area contributed by atoms with E-state index in [9.17, 15) is 5.26 Å². The van der Waals surface area contributed by atoms with Gasteiger partial charge in [0.1, 0.15) is 0 Å². The summed E-state index contributed by atoms with van der Waals surface area (Å²) in [6.07, 6.45) is 17.5. The molecular formula is C20H35N. The van der Waals surface area contributed by atoms with Gasteiger partial charge in [-0.3, -0.25) is 0 Å². The van der Waals surface area contributed by atoms with Gasteiger partial charge in [-0.2, -0.15) is 5.26 Å². The minimum absolute atomic E-state index is 0.0452. The first-order valence-corrected chi connectivity index (χ1v) is 9.64. The number of nitrogens with zero attached hydrogens (tertiary/aromatic N) is 1. The molecule has 0 aliphatic heterocycles. The van der Waals surface area contributed by atoms with Crippen molar-refractivity contribution in [2.45, 2.75) is 97.3 Å². The lowest BCUT2D eigenvalue weighted by atomic mass is 9.63. The minimum atomic E-state index is 0.0452. The van der Waals surface area contributed by atoms with Crippen LogP contribution in [0.15, 0.2) is 0 Å². The molecule has 1 heteroatoms. The number of hydrogen-bond acceptors (Lipinski definition) is 1. The zero-order chi connectivity index (χ0) is 15.1. The van der Waals surface area contributed by atoms with E-state index >= 15 is 0 Å². The SMILES string of the molecule is CCCCC1CCC(C2CCC(C#N)(CCC)CC2)CC1. The van der Waals surface area contributed by atoms with Crippen molar-refractivity contribution in [1.29, 1.82) is 5.26 Å². The Morgan fingerprint density at radius 1 is 0.905 bits per heavy atom. The Morgan fingerprint density at radius 2 is 1.52 bits per heavy atom. The maximum absolute atomic E-state index is 9.54. The predicted octanol–water partition coefficient (Wildman–Crippen LogP) is 6.48. The molecule has 2 fully saturated rings. The summed E-state index contributed by atoms with van der Waals surface area (Å²) in [5.41, 5.74) is 0.0452. The molecule has 0 bridgehead atoms. The topological polar surface area (TPSA) is 23.8 Å². The highest BCUT2D eigenvalue weighted by atomic mass is 14.4. The Labute approximate surface area is 132 Å². The van der Waals surface area contributed by atoms with Crippen LogP contribution in [0.5, 0.6) is 0 Å². The lowest BCUT2D eigenvalue weighted by molar-refractivity contribution is 0.116. The van der Waals surface area contributed by atoms with Gasteiger partial charge in [0.25, 0.3) is 0 Å². The van der Waals surface area contributed by atoms with Gasteiger partial charge in [0, 0.05) is 0 Å². The molecule has 2 aliphatic rings. The first-order chi connectivity index (χ1) is 10.2. The molecule has 0 spiro atoms. The maximum atomic E-state index is 9.54. The Morgan fingerprint density at radius 3 is 2.05 bits per heavy atom. The van der Waals surface area contributed by atoms with Crippen LogP contribution in [-0.2, 0) is 0 Å². The summed E-state index contributed by atoms with van der Waals surface area (Å²) >= 11 is 0. The van der Waals surface area contributed by atoms with Crippen LogP contribution in [0.4, 0.5) is 0 Å². The van der Waals surface area contributed by atoms with E-state index in [2.05, 4.69) is 19.9 Å². The standard InChI is InChI=1S/C20H35N/c1-3-5-6-17-7-9-18(10-8-17)19-11-14-20(16-21,13-4-2)15-12-19/h17-19H,3-15H2,1-2H3. The van der Waals surface area contributed by atoms with Crippen LogP contribution in [0.2, 0.25) is 0 Å². The number of unbranched alkanes of at least 4 members (excludes halogenated alkanes) is 1. The molecule has 0 aromatic carbocycles. The lowest BCUT2D eigenvalue weighted by Gasteiger charge is -2.40. The first-order valence-electron chi connectivity index (χ1n) is 9.64. The van der Waals surface area contributed by atoms with Gasteiger partial charge in [0.2, 0.25) is 0 Å². The van der Waals surface area contributed by atoms with Crippen molar-refractivity contribution in [3.05, 3.63) is 0 Å². The van der Waals surface area contributed by atoms with Crippen molar-refractivity contribution in [3.8, 4) is 6.07 Å². The summed E-state index contributed by atoms with van der Waals surface area (Å²) < 4.78 is 0. The van der Waals surface area contributed by atoms with Crippen molar-refractivity contribution in [1.82, 2.24) is 0 Å². The summed E-state index contributed by atoms with van der Waals surface area (Å²) in [5, 5.41) is 9.54. The van der Waals surface area contributed by atoms with E-state index in [-0.39, 0.29) is 5.41 Å². The van der Waals surface area contributed by atoms with E-state index in [1.807, 2.05) is 0 Å². The normalized spacial score (nSPS) is 37.1. The number of hydrogen-bond donors (Lipinski definition) is 0. The second-order valence-corrected chi connectivity index (χ2v) is 7.90. The molecule has 120 valence electrons. The third-order valence-electron chi connectivity index (χ3n) is 6.48. The molecule has 2 rings (SSSR count). The fraction of sp³-hybridized carbons (Fsp3) is 0.950. The number of rotatable bonds is 6. The van der Waals surface area contributed by atoms with Gasteiger partial charge in [-0.1, -0.05) is 52.4 Å². The van der Waals surface area contributed by atoms with Gasteiger partial charge in [-0.05, 0) is 62.7 Å². The van der Waals surface area contributed by atoms with E-state index in [4.69, 9.17) is 0 Å². The van der Waals surface area contributed by atoms with Gasteiger partial charge in [0.05, 0.1) is 11.5 Å². The van der Waals surface area contributed by atoms with Crippen LogP contribution >= 0.6 is 0 Å². The summed E-state index contributed by atoms with van der Waals surface area (Å²) in [6, 6.07) is 2.67. The van der Waals surface area contributed by atoms with Crippen LogP contribution < -0.4 is 0 Å². The largest absolute Gasteiger partial charge is 0.198 e. The average Bonchev–Trinajstić information content (AvgIpc) is 2.54. The summed E-state index contributed by atoms with van der Waals surface area (Å²) in [4.78, 5) is 0. The molecule has 21 heavy (non-hydrogen) atoms. The van der Waals surface area contributed by atoms with Crippen molar-refractivity contribution in [2.24, 2.45) is 23.2 Å². The van der Waals surface area contributed by atoms with Crippen molar-refractivity contribution in [3.63, 3.8) is 0 Å². The summed E-state index contributed by atoms with van der Waals surface area (Å²) in [7, 11) is 0. The van der Waals surface area contributed by atoms with E-state index in [1.54, 1.807) is 0 Å². The first kappa shape index (κ1) is 16.9. The number of nitriles is 1. The molecular weight excluding hydrogens is 254 g/mol. The summed E-state index contributed by atoms with van der Waals surface area (Å²) in [5.74, 6) is 2.96. The van der Waals surface area contributed by atoms with Crippen LogP contribution in [0.3, 0.4) is 0 Å². The zero-order valence-electron chi connectivity index (χ0n) is 14.4. The van der Waals surface area contributed by atoms with E-state index < -0.39 is 0 Å². The molecule has 0 unspecified atom stereocenters. The molecule has 1 nitrogen and oxygen atoms in total. The van der Waals surface area contributed by atoms with Gasteiger partial charge in [-0.25, -0.2) is 0 Å². The van der Waals surface area contributed by atoms with Crippen molar-refractivity contribution in [2.75, 3.05) is 0 Å². The fourth-order valence-electron chi connectivity index (χ4n) is 5.00. The molecule has 0 N–H and O–H groups in total. The minimum Gasteiger partial charge on any atom is -0.198 e. The Kier molecular flexibility index (Phi) is 6.59. The third-order valence-corrected chi connectivity index (χ3v) is 6.48. The monoisotopic (exact) mass is 289 g/mol. The third kappa shape index (κ3) is 4.48. The highest BCUT2D eigenvalue weighted by Crippen LogP contribution is 2.47. The van der Waals surface area contributed by atoms with Gasteiger partial charge >= 0.3 is 0 Å². The average molecular weight is 290 g/mol. The molecule has 0 aromatic heterocycles.